The van der Waals surface area contributed by atoms with Crippen molar-refractivity contribution < 1.29 is 65.9 Å². The third-order valence-corrected chi connectivity index (χ3v) is 6.01. The second-order valence-corrected chi connectivity index (χ2v) is 8.65. The van der Waals surface area contributed by atoms with E-state index in [1.807, 2.05) is 0 Å². The number of carbonyl (C=O) groups is 1. The molecule has 0 spiro atoms. The van der Waals surface area contributed by atoms with E-state index in [1.54, 1.807) is 0 Å². The molecule has 0 heterocycles. The van der Waals surface area contributed by atoms with Crippen molar-refractivity contribution in [2.24, 2.45) is 17.3 Å². The van der Waals surface area contributed by atoms with Crippen molar-refractivity contribution in [2.45, 2.75) is 49.4 Å². The average Bonchev–Trinajstić information content (AvgIpc) is 2.31. The molecule has 4 atom stereocenters. The Labute approximate surface area is 155 Å². The number of halogens is 2. The van der Waals surface area contributed by atoms with Crippen LogP contribution in [-0.2, 0) is 19.6 Å². The van der Waals surface area contributed by atoms with E-state index in [-0.39, 0.29) is 48.0 Å². The zero-order chi connectivity index (χ0) is 16.4. The molecular weight excluding hydrogens is 345 g/mol. The Morgan fingerprint density at radius 2 is 1.78 bits per heavy atom. The third-order valence-electron chi connectivity index (χ3n) is 5.21. The van der Waals surface area contributed by atoms with Gasteiger partial charge in [0.25, 0.3) is 0 Å². The van der Waals surface area contributed by atoms with Gasteiger partial charge < -0.3 is 14.4 Å². The smallest absolute Gasteiger partial charge is 0.743 e. The summed E-state index contributed by atoms with van der Waals surface area (Å²) < 4.78 is 62.0. The summed E-state index contributed by atoms with van der Waals surface area (Å²) in [6.45, 7) is -0.383. The molecule has 4 aliphatic rings. The molecule has 4 fully saturated rings. The summed E-state index contributed by atoms with van der Waals surface area (Å²) in [5, 5.41) is 5.41. The summed E-state index contributed by atoms with van der Waals surface area (Å²) in [5.74, 6) is -1.78. The van der Waals surface area contributed by atoms with Crippen molar-refractivity contribution in [1.82, 2.24) is 0 Å². The van der Waals surface area contributed by atoms with Crippen LogP contribution in [0.25, 0.3) is 0 Å². The zero-order valence-electron chi connectivity index (χ0n) is 12.8. The minimum atomic E-state index is -6.10. The topological polar surface area (TPSA) is 104 Å². The Morgan fingerprint density at radius 1 is 1.26 bits per heavy atom. The Kier molecular flexibility index (Phi) is 4.99. The first kappa shape index (κ1) is 19.5. The monoisotopic (exact) mass is 362 g/mol. The molecule has 4 saturated carbocycles. The fourth-order valence-electron chi connectivity index (χ4n) is 4.98. The summed E-state index contributed by atoms with van der Waals surface area (Å²) in [6, 6.07) is 0. The van der Waals surface area contributed by atoms with Crippen LogP contribution in [0.15, 0.2) is 0 Å². The molecule has 4 bridgehead atoms. The van der Waals surface area contributed by atoms with Crippen LogP contribution in [0.5, 0.6) is 0 Å². The molecule has 0 unspecified atom stereocenters. The fraction of sp³-hybridized carbons (Fsp3) is 0.923. The van der Waals surface area contributed by atoms with Gasteiger partial charge in [-0.1, -0.05) is 0 Å². The van der Waals surface area contributed by atoms with Gasteiger partial charge >= 0.3 is 40.8 Å². The van der Waals surface area contributed by atoms with Crippen LogP contribution in [0.4, 0.5) is 8.78 Å². The summed E-state index contributed by atoms with van der Waals surface area (Å²) in [5.41, 5.74) is -1.43. The first-order valence-corrected chi connectivity index (χ1v) is 8.59. The van der Waals surface area contributed by atoms with Crippen LogP contribution in [0.1, 0.15) is 38.5 Å². The van der Waals surface area contributed by atoms with Gasteiger partial charge in [-0.3, -0.25) is 0 Å². The maximum Gasteiger partial charge on any atom is 1.00 e. The Hall–Kier alpha value is 0.200. The largest absolute Gasteiger partial charge is 1.00 e. The molecule has 126 valence electrons. The number of carbonyl (C=O) groups excluding carboxylic acids is 1. The molecule has 0 aromatic carbocycles. The fourth-order valence-corrected chi connectivity index (χ4v) is 5.24. The zero-order valence-corrected chi connectivity index (χ0v) is 15.6. The van der Waals surface area contributed by atoms with Crippen molar-refractivity contribution in [2.75, 3.05) is 6.61 Å². The standard InChI is InChI=1S/C13H18F2O6S.Na/c14-13(15,22(18,19)20)10(16)21-7-11-2-8-1-9(3-11)5-12(17,4-8)6-11;/h8-9,17H,1-7H2,(H,18,19,20);/q;+1/p-1/t8-,9+,11+,12-;. The predicted molar refractivity (Wildman–Crippen MR) is 67.7 cm³/mol. The van der Waals surface area contributed by atoms with Gasteiger partial charge in [-0.05, 0) is 50.4 Å². The molecule has 0 saturated heterocycles. The van der Waals surface area contributed by atoms with Gasteiger partial charge in [-0.2, -0.15) is 8.78 Å². The van der Waals surface area contributed by atoms with Crippen LogP contribution in [0.2, 0.25) is 0 Å². The maximum absolute atomic E-state index is 13.1. The number of rotatable bonds is 4. The molecule has 0 aromatic heterocycles. The number of hydrogen-bond acceptors (Lipinski definition) is 6. The Bertz CT molecular complexity index is 594. The van der Waals surface area contributed by atoms with Gasteiger partial charge in [0.2, 0.25) is 0 Å². The average molecular weight is 362 g/mol. The molecule has 0 amide bonds. The second-order valence-electron chi connectivity index (χ2n) is 7.23. The van der Waals surface area contributed by atoms with E-state index in [0.29, 0.717) is 32.1 Å². The molecule has 0 radical (unpaired) electrons. The normalized spacial score (nSPS) is 39.0. The third kappa shape index (κ3) is 3.46. The number of esters is 1. The van der Waals surface area contributed by atoms with Crippen LogP contribution < -0.4 is 29.6 Å². The first-order valence-electron chi connectivity index (χ1n) is 7.18. The minimum Gasteiger partial charge on any atom is -0.743 e. The summed E-state index contributed by atoms with van der Waals surface area (Å²) in [4.78, 5) is 11.3. The van der Waals surface area contributed by atoms with Crippen LogP contribution >= 0.6 is 0 Å². The molecule has 23 heavy (non-hydrogen) atoms. The Balaban J connectivity index is 0.00000192. The van der Waals surface area contributed by atoms with Crippen molar-refractivity contribution >= 4 is 16.1 Å². The summed E-state index contributed by atoms with van der Waals surface area (Å²) in [6.07, 6.45) is 4.00. The minimum absolute atomic E-state index is 0. The molecule has 4 rings (SSSR count). The Morgan fingerprint density at radius 3 is 2.22 bits per heavy atom. The SMILES string of the molecule is O=C(OC[C@@]12C[C@@H]3C[C@@H](C[C@@](O)(C3)C1)C2)C(F)(F)S(=O)(=O)[O-].[Na+]. The second kappa shape index (κ2) is 5.88. The number of ether oxygens (including phenoxy) is 1. The number of alkyl halides is 2. The van der Waals surface area contributed by atoms with E-state index in [0.717, 1.165) is 6.42 Å². The van der Waals surface area contributed by atoms with Gasteiger partial charge in [0.15, 0.2) is 10.1 Å². The van der Waals surface area contributed by atoms with Gasteiger partial charge in [-0.15, -0.1) is 0 Å². The summed E-state index contributed by atoms with van der Waals surface area (Å²) >= 11 is 0. The van der Waals surface area contributed by atoms with Gasteiger partial charge in [-0.25, -0.2) is 13.2 Å². The van der Waals surface area contributed by atoms with E-state index in [1.165, 1.54) is 0 Å². The molecule has 10 heteroatoms. The van der Waals surface area contributed by atoms with Crippen LogP contribution in [0.3, 0.4) is 0 Å². The molecule has 0 aromatic rings. The van der Waals surface area contributed by atoms with Crippen molar-refractivity contribution in [3.63, 3.8) is 0 Å². The van der Waals surface area contributed by atoms with E-state index < -0.39 is 32.4 Å². The van der Waals surface area contributed by atoms with E-state index in [4.69, 9.17) is 0 Å². The van der Waals surface area contributed by atoms with Crippen LogP contribution in [0, 0.1) is 17.3 Å². The van der Waals surface area contributed by atoms with Crippen molar-refractivity contribution in [1.29, 1.82) is 0 Å². The van der Waals surface area contributed by atoms with Gasteiger partial charge in [0, 0.05) is 5.41 Å². The summed E-state index contributed by atoms with van der Waals surface area (Å²) in [7, 11) is -6.10. The van der Waals surface area contributed by atoms with E-state index >= 15 is 0 Å². The number of aliphatic hydroxyl groups is 1. The maximum atomic E-state index is 13.1. The van der Waals surface area contributed by atoms with Crippen molar-refractivity contribution in [3.05, 3.63) is 0 Å². The van der Waals surface area contributed by atoms with E-state index in [2.05, 4.69) is 4.74 Å². The molecule has 1 N–H and O–H groups in total. The van der Waals surface area contributed by atoms with Crippen LogP contribution in [-0.4, -0.2) is 41.5 Å². The molecular formula is C13H17F2NaO6S. The quantitative estimate of drug-likeness (QED) is 0.353. The molecule has 6 nitrogen and oxygen atoms in total. The predicted octanol–water partition coefficient (Wildman–Crippen LogP) is -2.00. The van der Waals surface area contributed by atoms with E-state index in [9.17, 15) is 31.7 Å². The molecule has 0 aliphatic heterocycles. The van der Waals surface area contributed by atoms with Gasteiger partial charge in [0.05, 0.1) is 12.2 Å². The van der Waals surface area contributed by atoms with Crippen molar-refractivity contribution in [3.8, 4) is 0 Å². The first-order chi connectivity index (χ1) is 9.95. The van der Waals surface area contributed by atoms with Gasteiger partial charge in [0.1, 0.15) is 0 Å². The number of hydrogen-bond donors (Lipinski definition) is 1. The molecule has 4 aliphatic carbocycles.